The molecule has 0 unspecified atom stereocenters. The van der Waals surface area contributed by atoms with E-state index in [1.807, 2.05) is 0 Å². The van der Waals surface area contributed by atoms with Crippen molar-refractivity contribution in [3.05, 3.63) is 29.8 Å². The van der Waals surface area contributed by atoms with E-state index < -0.39 is 5.97 Å². The van der Waals surface area contributed by atoms with Crippen molar-refractivity contribution in [1.82, 2.24) is 0 Å². The van der Waals surface area contributed by atoms with Crippen LogP contribution in [0.3, 0.4) is 0 Å². The van der Waals surface area contributed by atoms with E-state index >= 15 is 0 Å². The van der Waals surface area contributed by atoms with Gasteiger partial charge in [0.1, 0.15) is 5.75 Å². The van der Waals surface area contributed by atoms with Crippen molar-refractivity contribution in [2.45, 2.75) is 7.43 Å². The number of aromatic hydroxyl groups is 1. The Hall–Kier alpha value is -0.510. The van der Waals surface area contributed by atoms with E-state index in [0.717, 1.165) is 0 Å². The molecule has 0 aliphatic carbocycles. The molecule has 0 aromatic heterocycles. The zero-order valence-electron chi connectivity index (χ0n) is 5.11. The van der Waals surface area contributed by atoms with Crippen LogP contribution in [-0.2, 0) is 0 Å². The number of aromatic carboxylic acids is 1. The van der Waals surface area contributed by atoms with E-state index in [1.54, 1.807) is 0 Å². The third kappa shape index (κ3) is 3.76. The topological polar surface area (TPSA) is 57.5 Å². The van der Waals surface area contributed by atoms with Crippen LogP contribution in [0.15, 0.2) is 24.3 Å². The minimum absolute atomic E-state index is 0. The van der Waals surface area contributed by atoms with Crippen LogP contribution in [0, 0.1) is 0 Å². The van der Waals surface area contributed by atoms with Gasteiger partial charge in [0.25, 0.3) is 0 Å². The molecule has 2 N–H and O–H groups in total. The van der Waals surface area contributed by atoms with E-state index in [1.165, 1.54) is 24.3 Å². The first kappa shape index (κ1) is 14.0. The molecule has 0 amide bonds. The molecule has 62 valence electrons. The summed E-state index contributed by atoms with van der Waals surface area (Å²) in [5.41, 5.74) is 0.0972. The predicted molar refractivity (Wildman–Crippen MR) is 48.9 cm³/mol. The second-order valence-electron chi connectivity index (χ2n) is 1.86. The SMILES string of the molecule is C.O=C(O)c1cccc(O)c1.[NaH]. The first-order chi connectivity index (χ1) is 4.70. The van der Waals surface area contributed by atoms with Crippen LogP contribution in [0.2, 0.25) is 0 Å². The molecule has 0 atom stereocenters. The van der Waals surface area contributed by atoms with E-state index in [2.05, 4.69) is 0 Å². The summed E-state index contributed by atoms with van der Waals surface area (Å²) in [6.45, 7) is 0. The third-order valence-corrected chi connectivity index (χ3v) is 1.09. The van der Waals surface area contributed by atoms with Gasteiger partial charge in [-0.15, -0.1) is 0 Å². The molecule has 0 aliphatic heterocycles. The van der Waals surface area contributed by atoms with Gasteiger partial charge in [0, 0.05) is 0 Å². The maximum absolute atomic E-state index is 10.2. The van der Waals surface area contributed by atoms with Crippen LogP contribution in [-0.4, -0.2) is 45.7 Å². The van der Waals surface area contributed by atoms with E-state index in [0.29, 0.717) is 0 Å². The van der Waals surface area contributed by atoms with Gasteiger partial charge in [-0.2, -0.15) is 0 Å². The van der Waals surface area contributed by atoms with E-state index in [-0.39, 0.29) is 48.3 Å². The molecular formula is C8H11NaO3. The summed E-state index contributed by atoms with van der Waals surface area (Å²) in [4.78, 5) is 10.2. The summed E-state index contributed by atoms with van der Waals surface area (Å²) < 4.78 is 0. The Morgan fingerprint density at radius 3 is 2.25 bits per heavy atom. The van der Waals surface area contributed by atoms with Gasteiger partial charge in [0.05, 0.1) is 5.56 Å². The molecule has 1 aromatic rings. The van der Waals surface area contributed by atoms with Crippen LogP contribution < -0.4 is 0 Å². The number of carboxylic acids is 1. The Kier molecular flexibility index (Phi) is 7.09. The van der Waals surface area contributed by atoms with Crippen LogP contribution in [0.25, 0.3) is 0 Å². The van der Waals surface area contributed by atoms with Gasteiger partial charge < -0.3 is 10.2 Å². The number of phenols is 1. The molecule has 0 saturated carbocycles. The van der Waals surface area contributed by atoms with Crippen LogP contribution >= 0.6 is 0 Å². The molecule has 0 spiro atoms. The number of carboxylic acid groups (broad SMARTS) is 1. The number of benzene rings is 1. The van der Waals surface area contributed by atoms with Crippen molar-refractivity contribution in [3.63, 3.8) is 0 Å². The second-order valence-corrected chi connectivity index (χ2v) is 1.86. The quantitative estimate of drug-likeness (QED) is 0.632. The summed E-state index contributed by atoms with van der Waals surface area (Å²) >= 11 is 0. The van der Waals surface area contributed by atoms with Gasteiger partial charge in [-0.3, -0.25) is 0 Å². The number of rotatable bonds is 1. The van der Waals surface area contributed by atoms with Crippen molar-refractivity contribution in [3.8, 4) is 5.75 Å². The second kappa shape index (κ2) is 6.06. The first-order valence-corrected chi connectivity index (χ1v) is 2.72. The Morgan fingerprint density at radius 2 is 1.92 bits per heavy atom. The van der Waals surface area contributed by atoms with Gasteiger partial charge >= 0.3 is 35.5 Å². The number of hydrogen-bond acceptors (Lipinski definition) is 2. The van der Waals surface area contributed by atoms with E-state index in [9.17, 15) is 4.79 Å². The Balaban J connectivity index is 0. The summed E-state index contributed by atoms with van der Waals surface area (Å²) in [6.07, 6.45) is 0. The molecule has 1 rings (SSSR count). The third-order valence-electron chi connectivity index (χ3n) is 1.09. The van der Waals surface area contributed by atoms with Crippen molar-refractivity contribution < 1.29 is 15.0 Å². The van der Waals surface area contributed by atoms with Gasteiger partial charge in [0.15, 0.2) is 0 Å². The average molecular weight is 178 g/mol. The monoisotopic (exact) mass is 178 g/mol. The summed E-state index contributed by atoms with van der Waals surface area (Å²) in [6, 6.07) is 5.52. The summed E-state index contributed by atoms with van der Waals surface area (Å²) in [5.74, 6) is -1.06. The Morgan fingerprint density at radius 1 is 1.33 bits per heavy atom. The first-order valence-electron chi connectivity index (χ1n) is 2.72. The van der Waals surface area contributed by atoms with E-state index in [4.69, 9.17) is 10.2 Å². The minimum atomic E-state index is -1.03. The normalized spacial score (nSPS) is 7.67. The fraction of sp³-hybridized carbons (Fsp3) is 0.125. The molecule has 0 fully saturated rings. The van der Waals surface area contributed by atoms with Crippen LogP contribution in [0.1, 0.15) is 17.8 Å². The summed E-state index contributed by atoms with van der Waals surface area (Å²) in [5, 5.41) is 17.2. The molecule has 0 aliphatic rings. The van der Waals surface area contributed by atoms with Crippen molar-refractivity contribution >= 4 is 35.5 Å². The fourth-order valence-corrected chi connectivity index (χ4v) is 0.639. The zero-order chi connectivity index (χ0) is 7.56. The molecule has 4 heteroatoms. The average Bonchev–Trinajstić information content (AvgIpc) is 1.88. The van der Waals surface area contributed by atoms with Crippen LogP contribution in [0.5, 0.6) is 5.75 Å². The molecule has 0 saturated heterocycles. The fourth-order valence-electron chi connectivity index (χ4n) is 0.639. The standard InChI is InChI=1S/C7H6O3.CH4.Na.H/c8-6-3-1-2-5(4-6)7(9)10;;;/h1-4,8H,(H,9,10);1H4;;. The van der Waals surface area contributed by atoms with Crippen molar-refractivity contribution in [2.24, 2.45) is 0 Å². The van der Waals surface area contributed by atoms with Crippen LogP contribution in [0.4, 0.5) is 0 Å². The molecule has 0 radical (unpaired) electrons. The van der Waals surface area contributed by atoms with Gasteiger partial charge in [0.2, 0.25) is 0 Å². The molecule has 0 bridgehead atoms. The molecule has 12 heavy (non-hydrogen) atoms. The number of hydrogen-bond donors (Lipinski definition) is 2. The predicted octanol–water partition coefficient (Wildman–Crippen LogP) is 1.08. The maximum atomic E-state index is 10.2. The van der Waals surface area contributed by atoms with Crippen molar-refractivity contribution in [1.29, 1.82) is 0 Å². The molecule has 0 heterocycles. The Labute approximate surface area is 93.3 Å². The number of carbonyl (C=O) groups is 1. The van der Waals surface area contributed by atoms with Gasteiger partial charge in [-0.25, -0.2) is 4.79 Å². The van der Waals surface area contributed by atoms with Crippen molar-refractivity contribution in [2.75, 3.05) is 0 Å². The van der Waals surface area contributed by atoms with Gasteiger partial charge in [-0.05, 0) is 18.2 Å². The number of phenolic OH excluding ortho intramolecular Hbond substituents is 1. The zero-order valence-corrected chi connectivity index (χ0v) is 5.11. The van der Waals surface area contributed by atoms with Gasteiger partial charge in [-0.1, -0.05) is 13.5 Å². The molecular weight excluding hydrogens is 167 g/mol. The molecule has 3 nitrogen and oxygen atoms in total. The molecule has 1 aromatic carbocycles. The summed E-state index contributed by atoms with van der Waals surface area (Å²) in [7, 11) is 0. The Bertz CT molecular complexity index is 260.